The van der Waals surface area contributed by atoms with E-state index in [9.17, 15) is 0 Å². The summed E-state index contributed by atoms with van der Waals surface area (Å²) in [5.74, 6) is 1.34. The standard InChI is InChI=1S/C17H17N3O/c1-12-11-16(13(2)10-15(12)18)21-17-8-9-20(19-17)14-6-4-3-5-7-14/h3-11H,18H2,1-2H3. The molecule has 1 aromatic heterocycles. The highest BCUT2D eigenvalue weighted by atomic mass is 16.5. The van der Waals surface area contributed by atoms with Gasteiger partial charge in [0, 0.05) is 18.0 Å². The van der Waals surface area contributed by atoms with E-state index in [1.165, 1.54) is 0 Å². The zero-order valence-corrected chi connectivity index (χ0v) is 12.1. The minimum absolute atomic E-state index is 0.561. The third-order valence-electron chi connectivity index (χ3n) is 3.36. The predicted octanol–water partition coefficient (Wildman–Crippen LogP) is 3.86. The van der Waals surface area contributed by atoms with Crippen LogP contribution < -0.4 is 10.5 Å². The molecule has 0 aliphatic heterocycles. The number of nitrogen functional groups attached to an aromatic ring is 1. The van der Waals surface area contributed by atoms with E-state index in [-0.39, 0.29) is 0 Å². The van der Waals surface area contributed by atoms with Crippen LogP contribution >= 0.6 is 0 Å². The van der Waals surface area contributed by atoms with Crippen molar-refractivity contribution in [1.29, 1.82) is 0 Å². The molecule has 0 saturated heterocycles. The van der Waals surface area contributed by atoms with Crippen LogP contribution in [0.15, 0.2) is 54.7 Å². The third-order valence-corrected chi connectivity index (χ3v) is 3.36. The van der Waals surface area contributed by atoms with Gasteiger partial charge in [-0.15, -0.1) is 5.10 Å². The van der Waals surface area contributed by atoms with Crippen LogP contribution in [0.4, 0.5) is 5.69 Å². The first-order chi connectivity index (χ1) is 10.1. The lowest BCUT2D eigenvalue weighted by molar-refractivity contribution is 0.454. The van der Waals surface area contributed by atoms with Gasteiger partial charge in [-0.05, 0) is 49.2 Å². The monoisotopic (exact) mass is 279 g/mol. The number of nitrogens with zero attached hydrogens (tertiary/aromatic N) is 2. The van der Waals surface area contributed by atoms with Crippen LogP contribution in [0.2, 0.25) is 0 Å². The van der Waals surface area contributed by atoms with Gasteiger partial charge in [-0.1, -0.05) is 18.2 Å². The number of anilines is 1. The van der Waals surface area contributed by atoms with E-state index in [2.05, 4.69) is 5.10 Å². The highest BCUT2D eigenvalue weighted by Gasteiger charge is 2.07. The quantitative estimate of drug-likeness (QED) is 0.741. The minimum atomic E-state index is 0.561. The van der Waals surface area contributed by atoms with E-state index < -0.39 is 0 Å². The zero-order valence-electron chi connectivity index (χ0n) is 12.1. The Labute approximate surface area is 123 Å². The minimum Gasteiger partial charge on any atom is -0.437 e. The maximum absolute atomic E-state index is 5.89. The highest BCUT2D eigenvalue weighted by molar-refractivity contribution is 5.54. The second-order valence-electron chi connectivity index (χ2n) is 5.01. The largest absolute Gasteiger partial charge is 0.437 e. The number of benzene rings is 2. The number of ether oxygens (including phenoxy) is 1. The molecule has 0 unspecified atom stereocenters. The van der Waals surface area contributed by atoms with Crippen molar-refractivity contribution in [3.8, 4) is 17.3 Å². The van der Waals surface area contributed by atoms with E-state index >= 15 is 0 Å². The Morgan fingerprint density at radius 3 is 2.52 bits per heavy atom. The molecule has 2 aromatic carbocycles. The normalized spacial score (nSPS) is 10.6. The number of para-hydroxylation sites is 1. The third kappa shape index (κ3) is 2.74. The van der Waals surface area contributed by atoms with E-state index in [4.69, 9.17) is 10.5 Å². The Kier molecular flexibility index (Phi) is 3.36. The average Bonchev–Trinajstić information content (AvgIpc) is 2.94. The van der Waals surface area contributed by atoms with Crippen molar-refractivity contribution in [2.75, 3.05) is 5.73 Å². The molecule has 0 aliphatic carbocycles. The molecule has 1 heterocycles. The molecule has 0 atom stereocenters. The summed E-state index contributed by atoms with van der Waals surface area (Å²) in [6.45, 7) is 3.93. The summed E-state index contributed by atoms with van der Waals surface area (Å²) in [4.78, 5) is 0. The molecule has 0 radical (unpaired) electrons. The number of aryl methyl sites for hydroxylation is 2. The van der Waals surface area contributed by atoms with E-state index in [1.807, 2.05) is 68.6 Å². The summed E-state index contributed by atoms with van der Waals surface area (Å²) in [5, 5.41) is 4.43. The van der Waals surface area contributed by atoms with Gasteiger partial charge in [-0.3, -0.25) is 0 Å². The number of hydrogen-bond donors (Lipinski definition) is 1. The second kappa shape index (κ2) is 5.32. The van der Waals surface area contributed by atoms with Gasteiger partial charge < -0.3 is 10.5 Å². The summed E-state index contributed by atoms with van der Waals surface area (Å²) >= 11 is 0. The Morgan fingerprint density at radius 2 is 1.76 bits per heavy atom. The summed E-state index contributed by atoms with van der Waals surface area (Å²) in [6, 6.07) is 15.6. The molecule has 0 fully saturated rings. The Balaban J connectivity index is 1.87. The number of hydrogen-bond acceptors (Lipinski definition) is 3. The lowest BCUT2D eigenvalue weighted by Crippen LogP contribution is -1.96. The Morgan fingerprint density at radius 1 is 1.00 bits per heavy atom. The fourth-order valence-corrected chi connectivity index (χ4v) is 2.12. The lowest BCUT2D eigenvalue weighted by Gasteiger charge is -2.09. The van der Waals surface area contributed by atoms with Gasteiger partial charge in [0.25, 0.3) is 0 Å². The van der Waals surface area contributed by atoms with E-state index in [0.29, 0.717) is 5.88 Å². The van der Waals surface area contributed by atoms with Gasteiger partial charge >= 0.3 is 0 Å². The van der Waals surface area contributed by atoms with Gasteiger partial charge in [-0.2, -0.15) is 0 Å². The van der Waals surface area contributed by atoms with Gasteiger partial charge in [0.2, 0.25) is 5.88 Å². The van der Waals surface area contributed by atoms with Crippen LogP contribution in [0.5, 0.6) is 11.6 Å². The molecule has 4 heteroatoms. The van der Waals surface area contributed by atoms with Crippen molar-refractivity contribution in [3.05, 3.63) is 65.9 Å². The molecular weight excluding hydrogens is 262 g/mol. The van der Waals surface area contributed by atoms with Crippen LogP contribution in [-0.4, -0.2) is 9.78 Å². The molecule has 0 saturated carbocycles. The second-order valence-corrected chi connectivity index (χ2v) is 5.01. The van der Waals surface area contributed by atoms with Gasteiger partial charge in [0.15, 0.2) is 0 Å². The molecule has 3 rings (SSSR count). The van der Waals surface area contributed by atoms with Crippen molar-refractivity contribution in [1.82, 2.24) is 9.78 Å². The molecule has 3 aromatic rings. The molecule has 106 valence electrons. The lowest BCUT2D eigenvalue weighted by atomic mass is 10.1. The molecule has 21 heavy (non-hydrogen) atoms. The molecule has 4 nitrogen and oxygen atoms in total. The van der Waals surface area contributed by atoms with Crippen LogP contribution in [-0.2, 0) is 0 Å². The molecule has 0 aliphatic rings. The van der Waals surface area contributed by atoms with E-state index in [0.717, 1.165) is 28.3 Å². The molecule has 2 N–H and O–H groups in total. The Bertz CT molecular complexity index is 763. The maximum atomic E-state index is 5.89. The average molecular weight is 279 g/mol. The SMILES string of the molecule is Cc1cc(Oc2ccn(-c3ccccc3)n2)c(C)cc1N. The number of nitrogens with two attached hydrogens (primary N) is 1. The van der Waals surface area contributed by atoms with Crippen molar-refractivity contribution in [2.24, 2.45) is 0 Å². The van der Waals surface area contributed by atoms with Crippen molar-refractivity contribution in [2.45, 2.75) is 13.8 Å². The number of aromatic nitrogens is 2. The summed E-state index contributed by atoms with van der Waals surface area (Å²) < 4.78 is 7.65. The van der Waals surface area contributed by atoms with Gasteiger partial charge in [-0.25, -0.2) is 4.68 Å². The van der Waals surface area contributed by atoms with Crippen molar-refractivity contribution < 1.29 is 4.74 Å². The van der Waals surface area contributed by atoms with Gasteiger partial charge in [0.05, 0.1) is 5.69 Å². The first kappa shape index (κ1) is 13.2. The topological polar surface area (TPSA) is 53.1 Å². The van der Waals surface area contributed by atoms with Crippen LogP contribution in [0.25, 0.3) is 5.69 Å². The Hall–Kier alpha value is -2.75. The molecule has 0 spiro atoms. The molecule has 0 bridgehead atoms. The zero-order chi connectivity index (χ0) is 14.8. The summed E-state index contributed by atoms with van der Waals surface area (Å²) in [7, 11) is 0. The first-order valence-corrected chi connectivity index (χ1v) is 6.79. The summed E-state index contributed by atoms with van der Waals surface area (Å²) in [5.41, 5.74) is 9.65. The van der Waals surface area contributed by atoms with Crippen LogP contribution in [0.1, 0.15) is 11.1 Å². The molecule has 0 amide bonds. The van der Waals surface area contributed by atoms with E-state index in [1.54, 1.807) is 4.68 Å². The van der Waals surface area contributed by atoms with Crippen molar-refractivity contribution >= 4 is 5.69 Å². The predicted molar refractivity (Wildman–Crippen MR) is 84.0 cm³/mol. The maximum Gasteiger partial charge on any atom is 0.238 e. The van der Waals surface area contributed by atoms with Crippen molar-refractivity contribution in [3.63, 3.8) is 0 Å². The van der Waals surface area contributed by atoms with Crippen LogP contribution in [0.3, 0.4) is 0 Å². The fraction of sp³-hybridized carbons (Fsp3) is 0.118. The first-order valence-electron chi connectivity index (χ1n) is 6.79. The highest BCUT2D eigenvalue weighted by Crippen LogP contribution is 2.28. The van der Waals surface area contributed by atoms with Gasteiger partial charge in [0.1, 0.15) is 5.75 Å². The smallest absolute Gasteiger partial charge is 0.238 e. The number of rotatable bonds is 3. The molecular formula is C17H17N3O. The fourth-order valence-electron chi connectivity index (χ4n) is 2.12. The summed E-state index contributed by atoms with van der Waals surface area (Å²) in [6.07, 6.45) is 1.88. The van der Waals surface area contributed by atoms with Crippen LogP contribution in [0, 0.1) is 13.8 Å².